The van der Waals surface area contributed by atoms with Crippen LogP contribution < -0.4 is 9.47 Å². The fourth-order valence-electron chi connectivity index (χ4n) is 2.72. The van der Waals surface area contributed by atoms with E-state index in [4.69, 9.17) is 14.2 Å². The van der Waals surface area contributed by atoms with Crippen LogP contribution in [0, 0.1) is 13.8 Å². The lowest BCUT2D eigenvalue weighted by Gasteiger charge is -2.07. The molecule has 0 saturated carbocycles. The molecular formula is C20H23NO5. The van der Waals surface area contributed by atoms with Crippen LogP contribution in [0.3, 0.4) is 0 Å². The van der Waals surface area contributed by atoms with Gasteiger partial charge in [-0.1, -0.05) is 12.1 Å². The van der Waals surface area contributed by atoms with E-state index in [2.05, 4.69) is 4.98 Å². The predicted octanol–water partition coefficient (Wildman–Crippen LogP) is 3.72. The van der Waals surface area contributed by atoms with Gasteiger partial charge in [-0.05, 0) is 50.1 Å². The number of methoxy groups -OCH3 is 2. The Morgan fingerprint density at radius 3 is 2.42 bits per heavy atom. The van der Waals surface area contributed by atoms with Crippen molar-refractivity contribution in [3.63, 3.8) is 0 Å². The van der Waals surface area contributed by atoms with Crippen molar-refractivity contribution in [1.29, 1.82) is 0 Å². The summed E-state index contributed by atoms with van der Waals surface area (Å²) in [5, 5.41) is 0. The van der Waals surface area contributed by atoms with E-state index < -0.39 is 5.97 Å². The molecule has 0 fully saturated rings. The highest BCUT2D eigenvalue weighted by atomic mass is 16.5. The monoisotopic (exact) mass is 357 g/mol. The van der Waals surface area contributed by atoms with Crippen LogP contribution in [0.2, 0.25) is 0 Å². The zero-order chi connectivity index (χ0) is 19.3. The Labute approximate surface area is 152 Å². The third kappa shape index (κ3) is 3.96. The molecule has 0 aliphatic carbocycles. The average molecular weight is 357 g/mol. The van der Waals surface area contributed by atoms with Gasteiger partial charge < -0.3 is 19.2 Å². The van der Waals surface area contributed by atoms with Crippen LogP contribution in [0.15, 0.2) is 24.3 Å². The van der Waals surface area contributed by atoms with Crippen LogP contribution in [-0.2, 0) is 4.74 Å². The van der Waals surface area contributed by atoms with Gasteiger partial charge in [-0.2, -0.15) is 0 Å². The maximum absolute atomic E-state index is 12.5. The number of benzene rings is 1. The third-order valence-corrected chi connectivity index (χ3v) is 4.00. The Hall–Kier alpha value is -3.02. The molecule has 26 heavy (non-hydrogen) atoms. The van der Waals surface area contributed by atoms with Crippen LogP contribution in [0.4, 0.5) is 0 Å². The number of hydrogen-bond donors (Lipinski definition) is 1. The first-order valence-corrected chi connectivity index (χ1v) is 8.23. The molecule has 6 nitrogen and oxygen atoms in total. The maximum atomic E-state index is 12.5. The topological polar surface area (TPSA) is 77.6 Å². The van der Waals surface area contributed by atoms with Crippen LogP contribution in [0.25, 0.3) is 6.08 Å². The summed E-state index contributed by atoms with van der Waals surface area (Å²) in [6.07, 6.45) is 3.14. The highest BCUT2D eigenvalue weighted by Crippen LogP contribution is 2.28. The van der Waals surface area contributed by atoms with E-state index in [-0.39, 0.29) is 12.4 Å². The van der Waals surface area contributed by atoms with Gasteiger partial charge in [-0.15, -0.1) is 0 Å². The molecule has 138 valence electrons. The highest BCUT2D eigenvalue weighted by molar-refractivity contribution is 6.08. The number of nitrogens with one attached hydrogen (secondary N) is 1. The largest absolute Gasteiger partial charge is 0.493 e. The number of ketones is 1. The van der Waals surface area contributed by atoms with Crippen molar-refractivity contribution in [2.45, 2.75) is 20.8 Å². The molecule has 0 unspecified atom stereocenters. The lowest BCUT2D eigenvalue weighted by molar-refractivity contribution is 0.0525. The maximum Gasteiger partial charge on any atom is 0.340 e. The molecule has 2 rings (SSSR count). The number of H-pyrrole nitrogens is 1. The second kappa shape index (κ2) is 8.38. The molecule has 1 aromatic heterocycles. The number of carbonyl (C=O) groups is 2. The second-order valence-electron chi connectivity index (χ2n) is 5.66. The van der Waals surface area contributed by atoms with Crippen molar-refractivity contribution >= 4 is 17.8 Å². The van der Waals surface area contributed by atoms with Crippen molar-refractivity contribution in [1.82, 2.24) is 4.98 Å². The predicted molar refractivity (Wildman–Crippen MR) is 99.1 cm³/mol. The number of ether oxygens (including phenoxy) is 3. The molecule has 0 spiro atoms. The van der Waals surface area contributed by atoms with Crippen molar-refractivity contribution < 1.29 is 23.8 Å². The van der Waals surface area contributed by atoms with E-state index in [9.17, 15) is 9.59 Å². The van der Waals surface area contributed by atoms with Gasteiger partial charge in [0.1, 0.15) is 0 Å². The van der Waals surface area contributed by atoms with E-state index in [1.807, 2.05) is 6.07 Å². The fraction of sp³-hybridized carbons (Fsp3) is 0.300. The Bertz CT molecular complexity index is 848. The van der Waals surface area contributed by atoms with Crippen molar-refractivity contribution in [2.24, 2.45) is 0 Å². The van der Waals surface area contributed by atoms with Crippen LogP contribution in [-0.4, -0.2) is 37.6 Å². The average Bonchev–Trinajstić information content (AvgIpc) is 2.93. The number of rotatable bonds is 7. The van der Waals surface area contributed by atoms with Gasteiger partial charge in [0.25, 0.3) is 0 Å². The summed E-state index contributed by atoms with van der Waals surface area (Å²) in [4.78, 5) is 27.6. The minimum Gasteiger partial charge on any atom is -0.493 e. The van der Waals surface area contributed by atoms with E-state index in [0.29, 0.717) is 34.0 Å². The normalized spacial score (nSPS) is 10.8. The van der Waals surface area contributed by atoms with Gasteiger partial charge >= 0.3 is 5.97 Å². The molecular weight excluding hydrogens is 334 g/mol. The van der Waals surface area contributed by atoms with Crippen molar-refractivity contribution in [2.75, 3.05) is 20.8 Å². The summed E-state index contributed by atoms with van der Waals surface area (Å²) in [5.74, 6) is 0.544. The SMILES string of the molecule is CCOC(=O)c1c(C)[nH]c(C(=O)C=Cc2ccc(OC)c(OC)c2)c1C. The van der Waals surface area contributed by atoms with Crippen molar-refractivity contribution in [3.05, 3.63) is 52.4 Å². The van der Waals surface area contributed by atoms with Gasteiger partial charge in [0, 0.05) is 5.69 Å². The lowest BCUT2D eigenvalue weighted by Crippen LogP contribution is -2.07. The molecule has 0 saturated heterocycles. The Morgan fingerprint density at radius 2 is 1.81 bits per heavy atom. The van der Waals surface area contributed by atoms with Crippen LogP contribution in [0.5, 0.6) is 11.5 Å². The van der Waals surface area contributed by atoms with Crippen LogP contribution >= 0.6 is 0 Å². The zero-order valence-corrected chi connectivity index (χ0v) is 15.6. The molecule has 6 heteroatoms. The summed E-state index contributed by atoms with van der Waals surface area (Å²) in [7, 11) is 3.12. The van der Waals surface area contributed by atoms with Gasteiger partial charge in [-0.25, -0.2) is 4.79 Å². The standard InChI is InChI=1S/C20H23NO5/c1-6-26-20(23)18-12(2)19(21-13(18)3)15(22)9-7-14-8-10-16(24-4)17(11-14)25-5/h7-11,21H,6H2,1-5H3. The van der Waals surface area contributed by atoms with E-state index in [1.165, 1.54) is 6.08 Å². The van der Waals surface area contributed by atoms with Crippen LogP contribution in [0.1, 0.15) is 44.6 Å². The first-order chi connectivity index (χ1) is 12.4. The number of hydrogen-bond acceptors (Lipinski definition) is 5. The summed E-state index contributed by atoms with van der Waals surface area (Å²) < 4.78 is 15.5. The minimum absolute atomic E-state index is 0.226. The molecule has 0 aliphatic heterocycles. The Balaban J connectivity index is 2.26. The molecule has 1 heterocycles. The van der Waals surface area contributed by atoms with Gasteiger partial charge in [0.15, 0.2) is 11.5 Å². The first kappa shape index (κ1) is 19.3. The third-order valence-electron chi connectivity index (χ3n) is 4.00. The zero-order valence-electron chi connectivity index (χ0n) is 15.6. The van der Waals surface area contributed by atoms with E-state index >= 15 is 0 Å². The van der Waals surface area contributed by atoms with E-state index in [0.717, 1.165) is 5.56 Å². The number of allylic oxidation sites excluding steroid dienone is 1. The molecule has 0 radical (unpaired) electrons. The summed E-state index contributed by atoms with van der Waals surface area (Å²) in [5.41, 5.74) is 2.78. The second-order valence-corrected chi connectivity index (χ2v) is 5.66. The number of aromatic amines is 1. The number of aromatic nitrogens is 1. The molecule has 1 N–H and O–H groups in total. The molecule has 0 amide bonds. The molecule has 1 aromatic carbocycles. The summed E-state index contributed by atoms with van der Waals surface area (Å²) >= 11 is 0. The van der Waals surface area contributed by atoms with Gasteiger partial charge in [-0.3, -0.25) is 4.79 Å². The first-order valence-electron chi connectivity index (χ1n) is 8.23. The summed E-state index contributed by atoms with van der Waals surface area (Å²) in [6, 6.07) is 5.37. The fourth-order valence-corrected chi connectivity index (χ4v) is 2.72. The molecule has 0 bridgehead atoms. The number of aryl methyl sites for hydroxylation is 1. The smallest absolute Gasteiger partial charge is 0.340 e. The van der Waals surface area contributed by atoms with Crippen molar-refractivity contribution in [3.8, 4) is 11.5 Å². The summed E-state index contributed by atoms with van der Waals surface area (Å²) in [6.45, 7) is 5.50. The number of esters is 1. The molecule has 0 atom stereocenters. The Kier molecular flexibility index (Phi) is 6.22. The minimum atomic E-state index is -0.429. The van der Waals surface area contributed by atoms with E-state index in [1.54, 1.807) is 53.2 Å². The molecule has 2 aromatic rings. The number of carbonyl (C=O) groups excluding carboxylic acids is 2. The highest BCUT2D eigenvalue weighted by Gasteiger charge is 2.21. The van der Waals surface area contributed by atoms with Gasteiger partial charge in [0.2, 0.25) is 5.78 Å². The molecule has 0 aliphatic rings. The Morgan fingerprint density at radius 1 is 1.12 bits per heavy atom. The lowest BCUT2D eigenvalue weighted by atomic mass is 10.1. The van der Waals surface area contributed by atoms with Gasteiger partial charge in [0.05, 0.1) is 32.1 Å². The quantitative estimate of drug-likeness (QED) is 0.464.